The highest BCUT2D eigenvalue weighted by atomic mass is 32.2. The highest BCUT2D eigenvalue weighted by Crippen LogP contribution is 2.01. The van der Waals surface area contributed by atoms with Crippen molar-refractivity contribution in [3.8, 4) is 0 Å². The van der Waals surface area contributed by atoms with Gasteiger partial charge < -0.3 is 0 Å². The van der Waals surface area contributed by atoms with Gasteiger partial charge in [-0.3, -0.25) is 9.71 Å². The fourth-order valence-corrected chi connectivity index (χ4v) is 1.36. The molecule has 0 fully saturated rings. The van der Waals surface area contributed by atoms with Crippen molar-refractivity contribution in [3.05, 3.63) is 30.1 Å². The van der Waals surface area contributed by atoms with Gasteiger partial charge >= 0.3 is 0 Å². The van der Waals surface area contributed by atoms with E-state index >= 15 is 0 Å². The molecular weight excluding hydrogens is 156 g/mol. The Morgan fingerprint density at radius 3 is 2.82 bits per heavy atom. The summed E-state index contributed by atoms with van der Waals surface area (Å²) in [6, 6.07) is 4.10. The van der Waals surface area contributed by atoms with Gasteiger partial charge in [0.25, 0.3) is 0 Å². The van der Waals surface area contributed by atoms with E-state index in [1.807, 2.05) is 19.4 Å². The normalized spacial score (nSPS) is 9.91. The summed E-state index contributed by atoms with van der Waals surface area (Å²) < 4.78 is 3.04. The van der Waals surface area contributed by atoms with Crippen LogP contribution in [0.25, 0.3) is 0 Å². The average molecular weight is 168 g/mol. The second kappa shape index (κ2) is 5.16. The summed E-state index contributed by atoms with van der Waals surface area (Å²) in [5.41, 5.74) is 1.35. The van der Waals surface area contributed by atoms with Crippen LogP contribution in [0.15, 0.2) is 24.5 Å². The Balaban J connectivity index is 2.28. The van der Waals surface area contributed by atoms with Gasteiger partial charge in [-0.05, 0) is 31.2 Å². The van der Waals surface area contributed by atoms with Crippen molar-refractivity contribution in [2.24, 2.45) is 0 Å². The van der Waals surface area contributed by atoms with E-state index in [1.54, 1.807) is 11.9 Å². The number of hydrogen-bond donors (Lipinski definition) is 1. The minimum atomic E-state index is 1.11. The van der Waals surface area contributed by atoms with E-state index in [9.17, 15) is 0 Å². The summed E-state index contributed by atoms with van der Waals surface area (Å²) in [6.45, 7) is 0. The fourth-order valence-electron chi connectivity index (χ4n) is 0.820. The Labute approximate surface area is 71.6 Å². The Morgan fingerprint density at radius 1 is 1.45 bits per heavy atom. The number of nitrogens with one attached hydrogen (secondary N) is 1. The van der Waals surface area contributed by atoms with Crippen molar-refractivity contribution in [3.63, 3.8) is 0 Å². The topological polar surface area (TPSA) is 24.9 Å². The molecule has 60 valence electrons. The Morgan fingerprint density at radius 2 is 2.18 bits per heavy atom. The second-order valence-corrected chi connectivity index (χ2v) is 3.26. The monoisotopic (exact) mass is 168 g/mol. The van der Waals surface area contributed by atoms with Crippen LogP contribution in [0.5, 0.6) is 0 Å². The molecule has 0 aliphatic rings. The molecule has 1 rings (SSSR count). The molecule has 1 N–H and O–H groups in total. The van der Waals surface area contributed by atoms with Crippen LogP contribution < -0.4 is 4.72 Å². The van der Waals surface area contributed by atoms with Crippen LogP contribution in [0, 0.1) is 0 Å². The van der Waals surface area contributed by atoms with Gasteiger partial charge in [-0.1, -0.05) is 11.9 Å². The number of hydrogen-bond acceptors (Lipinski definition) is 3. The minimum Gasteiger partial charge on any atom is -0.267 e. The number of aromatic nitrogens is 1. The van der Waals surface area contributed by atoms with E-state index in [-0.39, 0.29) is 0 Å². The quantitative estimate of drug-likeness (QED) is 0.544. The van der Waals surface area contributed by atoms with E-state index in [0.29, 0.717) is 0 Å². The van der Waals surface area contributed by atoms with E-state index in [4.69, 9.17) is 0 Å². The van der Waals surface area contributed by atoms with Crippen molar-refractivity contribution in [1.29, 1.82) is 0 Å². The lowest BCUT2D eigenvalue weighted by atomic mass is 10.2. The lowest BCUT2D eigenvalue weighted by molar-refractivity contribution is 1.12. The van der Waals surface area contributed by atoms with Crippen LogP contribution in [-0.4, -0.2) is 17.8 Å². The van der Waals surface area contributed by atoms with Crippen LogP contribution in [0.4, 0.5) is 0 Å². The van der Waals surface area contributed by atoms with Crippen molar-refractivity contribution in [2.45, 2.75) is 6.42 Å². The Bertz CT molecular complexity index is 189. The van der Waals surface area contributed by atoms with Crippen molar-refractivity contribution >= 4 is 11.9 Å². The van der Waals surface area contributed by atoms with Gasteiger partial charge in [0.05, 0.1) is 0 Å². The predicted octanol–water partition coefficient (Wildman–Crippen LogP) is 1.49. The molecule has 0 aromatic carbocycles. The van der Waals surface area contributed by atoms with Gasteiger partial charge in [-0.25, -0.2) is 0 Å². The molecule has 0 saturated carbocycles. The van der Waals surface area contributed by atoms with Crippen molar-refractivity contribution < 1.29 is 0 Å². The molecule has 3 heteroatoms. The van der Waals surface area contributed by atoms with Crippen LogP contribution in [-0.2, 0) is 6.42 Å². The number of pyridine rings is 1. The molecule has 1 aromatic rings. The zero-order valence-corrected chi connectivity index (χ0v) is 7.40. The number of aryl methyl sites for hydroxylation is 1. The lowest BCUT2D eigenvalue weighted by Crippen LogP contribution is -1.96. The summed E-state index contributed by atoms with van der Waals surface area (Å²) in [4.78, 5) is 3.95. The van der Waals surface area contributed by atoms with Gasteiger partial charge in [0.2, 0.25) is 0 Å². The first-order valence-corrected chi connectivity index (χ1v) is 4.59. The molecule has 0 atom stereocenters. The molecule has 0 saturated heterocycles. The molecular formula is C8H12N2S. The predicted molar refractivity (Wildman–Crippen MR) is 49.5 cm³/mol. The first-order valence-electron chi connectivity index (χ1n) is 3.61. The van der Waals surface area contributed by atoms with Crippen LogP contribution in [0.3, 0.4) is 0 Å². The summed E-state index contributed by atoms with van der Waals surface area (Å²) >= 11 is 1.73. The van der Waals surface area contributed by atoms with Gasteiger partial charge in [-0.15, -0.1) is 0 Å². The zero-order valence-electron chi connectivity index (χ0n) is 6.58. The Hall–Kier alpha value is -0.540. The summed E-state index contributed by atoms with van der Waals surface area (Å²) in [7, 11) is 1.94. The first kappa shape index (κ1) is 8.56. The molecule has 0 bridgehead atoms. The van der Waals surface area contributed by atoms with E-state index < -0.39 is 0 Å². The molecule has 1 heterocycles. The lowest BCUT2D eigenvalue weighted by Gasteiger charge is -1.98. The largest absolute Gasteiger partial charge is 0.267 e. The molecule has 0 spiro atoms. The van der Waals surface area contributed by atoms with E-state index in [2.05, 4.69) is 21.8 Å². The van der Waals surface area contributed by atoms with Crippen LogP contribution in [0.2, 0.25) is 0 Å². The third kappa shape index (κ3) is 3.39. The van der Waals surface area contributed by atoms with Gasteiger partial charge in [0.1, 0.15) is 0 Å². The third-order valence-electron chi connectivity index (χ3n) is 1.39. The van der Waals surface area contributed by atoms with Crippen molar-refractivity contribution in [1.82, 2.24) is 9.71 Å². The van der Waals surface area contributed by atoms with Crippen molar-refractivity contribution in [2.75, 3.05) is 12.8 Å². The average Bonchev–Trinajstić information content (AvgIpc) is 2.07. The molecule has 0 aliphatic carbocycles. The van der Waals surface area contributed by atoms with Crippen LogP contribution in [0.1, 0.15) is 5.56 Å². The molecule has 0 amide bonds. The summed E-state index contributed by atoms with van der Waals surface area (Å²) in [5.74, 6) is 1.11. The standard InChI is InChI=1S/C8H12N2S/c1-9-11-7-4-8-2-5-10-6-3-8/h2-3,5-6,9H,4,7H2,1H3. The molecule has 0 radical (unpaired) electrons. The first-order chi connectivity index (χ1) is 5.43. The summed E-state index contributed by atoms with van der Waals surface area (Å²) in [5, 5.41) is 0. The van der Waals surface area contributed by atoms with Gasteiger partial charge in [-0.2, -0.15) is 0 Å². The number of rotatable bonds is 4. The second-order valence-electron chi connectivity index (χ2n) is 2.16. The SMILES string of the molecule is CNSCCc1ccncc1. The molecule has 1 aromatic heterocycles. The fraction of sp³-hybridized carbons (Fsp3) is 0.375. The zero-order chi connectivity index (χ0) is 7.94. The molecule has 11 heavy (non-hydrogen) atoms. The molecule has 0 unspecified atom stereocenters. The smallest absolute Gasteiger partial charge is 0.0270 e. The Kier molecular flexibility index (Phi) is 4.01. The molecule has 0 aliphatic heterocycles. The minimum absolute atomic E-state index is 1.11. The maximum absolute atomic E-state index is 3.95. The van der Waals surface area contributed by atoms with Crippen LogP contribution >= 0.6 is 11.9 Å². The third-order valence-corrected chi connectivity index (χ3v) is 2.08. The maximum atomic E-state index is 3.95. The highest BCUT2D eigenvalue weighted by molar-refractivity contribution is 7.97. The summed E-state index contributed by atoms with van der Waals surface area (Å²) in [6.07, 6.45) is 4.77. The van der Waals surface area contributed by atoms with E-state index in [1.165, 1.54) is 5.56 Å². The molecule has 2 nitrogen and oxygen atoms in total. The van der Waals surface area contributed by atoms with Gasteiger partial charge in [0, 0.05) is 18.1 Å². The van der Waals surface area contributed by atoms with E-state index in [0.717, 1.165) is 12.2 Å². The maximum Gasteiger partial charge on any atom is 0.0270 e. The highest BCUT2D eigenvalue weighted by Gasteiger charge is 1.89. The number of nitrogens with zero attached hydrogens (tertiary/aromatic N) is 1. The van der Waals surface area contributed by atoms with Gasteiger partial charge in [0.15, 0.2) is 0 Å².